The molecule has 6 heteroatoms. The molecule has 1 aliphatic rings. The van der Waals surface area contributed by atoms with Gasteiger partial charge in [-0.05, 0) is 33.1 Å². The van der Waals surface area contributed by atoms with Crippen molar-refractivity contribution in [2.75, 3.05) is 13.7 Å². The van der Waals surface area contributed by atoms with Gasteiger partial charge < -0.3 is 9.64 Å². The highest BCUT2D eigenvalue weighted by Crippen LogP contribution is 2.30. The van der Waals surface area contributed by atoms with E-state index in [2.05, 4.69) is 4.98 Å². The van der Waals surface area contributed by atoms with Gasteiger partial charge in [0.15, 0.2) is 0 Å². The van der Waals surface area contributed by atoms with Crippen molar-refractivity contribution in [2.45, 2.75) is 45.6 Å². The normalized spacial score (nSPS) is 17.2. The predicted octanol–water partition coefficient (Wildman–Crippen LogP) is 3.52. The van der Waals surface area contributed by atoms with Gasteiger partial charge in [0.2, 0.25) is 5.91 Å². The van der Waals surface area contributed by atoms with Crippen LogP contribution in [0.1, 0.15) is 34.7 Å². The van der Waals surface area contributed by atoms with Gasteiger partial charge >= 0.3 is 5.97 Å². The zero-order valence-corrected chi connectivity index (χ0v) is 16.3. The first-order valence-electron chi connectivity index (χ1n) is 8.90. The van der Waals surface area contributed by atoms with Gasteiger partial charge in [-0.2, -0.15) is 0 Å². The molecular formula is C20H24N2O3S. The Balaban J connectivity index is 1.83. The Morgan fingerprint density at radius 2 is 1.96 bits per heavy atom. The Labute approximate surface area is 158 Å². The molecule has 0 radical (unpaired) electrons. The molecule has 0 N–H and O–H groups in total. The number of rotatable bonds is 4. The van der Waals surface area contributed by atoms with Crippen LogP contribution in [0.2, 0.25) is 0 Å². The molecule has 2 aromatic rings. The summed E-state index contributed by atoms with van der Waals surface area (Å²) in [5, 5.41) is 0.937. The zero-order valence-electron chi connectivity index (χ0n) is 15.4. The summed E-state index contributed by atoms with van der Waals surface area (Å²) >= 11 is 1.55. The standard InChI is InChI=1S/C20H24N2O3S/c1-13-7-9-15(10-8-13)19-17(26-14(2)21-19)12-18(23)22-11-5-4-6-16(22)20(24)25-3/h7-10,16H,4-6,11-12H2,1-3H3. The van der Waals surface area contributed by atoms with E-state index in [0.717, 1.165) is 34.0 Å². The van der Waals surface area contributed by atoms with Crippen molar-refractivity contribution in [2.24, 2.45) is 0 Å². The van der Waals surface area contributed by atoms with Crippen LogP contribution in [0.25, 0.3) is 11.3 Å². The molecule has 1 unspecified atom stereocenters. The van der Waals surface area contributed by atoms with E-state index in [-0.39, 0.29) is 18.3 Å². The maximum atomic E-state index is 12.9. The molecule has 3 rings (SSSR count). The van der Waals surface area contributed by atoms with Gasteiger partial charge in [-0.25, -0.2) is 9.78 Å². The average Bonchev–Trinajstić information content (AvgIpc) is 3.01. The average molecular weight is 372 g/mol. The zero-order chi connectivity index (χ0) is 18.7. The van der Waals surface area contributed by atoms with E-state index in [1.807, 2.05) is 38.1 Å². The first-order valence-corrected chi connectivity index (χ1v) is 9.72. The number of nitrogens with zero attached hydrogens (tertiary/aromatic N) is 2. The number of aryl methyl sites for hydroxylation is 2. The molecule has 2 heterocycles. The minimum absolute atomic E-state index is 0.0305. The van der Waals surface area contributed by atoms with Gasteiger partial charge in [-0.15, -0.1) is 11.3 Å². The summed E-state index contributed by atoms with van der Waals surface area (Å²) in [5.41, 5.74) is 3.07. The Morgan fingerprint density at radius 3 is 2.65 bits per heavy atom. The summed E-state index contributed by atoms with van der Waals surface area (Å²) in [7, 11) is 1.38. The minimum Gasteiger partial charge on any atom is -0.467 e. The molecule has 1 atom stereocenters. The van der Waals surface area contributed by atoms with Crippen molar-refractivity contribution in [3.8, 4) is 11.3 Å². The van der Waals surface area contributed by atoms with E-state index in [9.17, 15) is 9.59 Å². The number of hydrogen-bond acceptors (Lipinski definition) is 5. The second-order valence-corrected chi connectivity index (χ2v) is 7.96. The molecular weight excluding hydrogens is 348 g/mol. The quantitative estimate of drug-likeness (QED) is 0.771. The molecule has 0 aliphatic carbocycles. The van der Waals surface area contributed by atoms with Crippen molar-refractivity contribution in [1.29, 1.82) is 0 Å². The van der Waals surface area contributed by atoms with Crippen molar-refractivity contribution in [3.05, 3.63) is 39.7 Å². The van der Waals surface area contributed by atoms with Crippen molar-refractivity contribution in [1.82, 2.24) is 9.88 Å². The van der Waals surface area contributed by atoms with Crippen LogP contribution in [0, 0.1) is 13.8 Å². The number of ether oxygens (including phenoxy) is 1. The van der Waals surface area contributed by atoms with Crippen LogP contribution in [0.3, 0.4) is 0 Å². The van der Waals surface area contributed by atoms with Crippen LogP contribution in [0.4, 0.5) is 0 Å². The molecule has 1 aromatic carbocycles. The Hall–Kier alpha value is -2.21. The Morgan fingerprint density at radius 1 is 1.23 bits per heavy atom. The molecule has 0 spiro atoms. The number of amides is 1. The SMILES string of the molecule is COC(=O)C1CCCCN1C(=O)Cc1sc(C)nc1-c1ccc(C)cc1. The fourth-order valence-electron chi connectivity index (χ4n) is 3.38. The number of benzene rings is 1. The molecule has 1 aliphatic heterocycles. The predicted molar refractivity (Wildman–Crippen MR) is 102 cm³/mol. The Bertz CT molecular complexity index is 798. The molecule has 5 nitrogen and oxygen atoms in total. The summed E-state index contributed by atoms with van der Waals surface area (Å²) in [6.45, 7) is 4.61. The van der Waals surface area contributed by atoms with Crippen molar-refractivity contribution in [3.63, 3.8) is 0 Å². The Kier molecular flexibility index (Phi) is 5.71. The molecule has 0 saturated carbocycles. The van der Waals surface area contributed by atoms with Crippen LogP contribution < -0.4 is 0 Å². The van der Waals surface area contributed by atoms with Crippen LogP contribution in [0.15, 0.2) is 24.3 Å². The number of methoxy groups -OCH3 is 1. The number of hydrogen-bond donors (Lipinski definition) is 0. The second-order valence-electron chi connectivity index (χ2n) is 6.67. The van der Waals surface area contributed by atoms with Crippen LogP contribution in [-0.4, -0.2) is 41.5 Å². The maximum absolute atomic E-state index is 12.9. The number of piperidine rings is 1. The fourth-order valence-corrected chi connectivity index (χ4v) is 4.33. The number of esters is 1. The largest absolute Gasteiger partial charge is 0.467 e. The van der Waals surface area contributed by atoms with E-state index in [0.29, 0.717) is 13.0 Å². The van der Waals surface area contributed by atoms with E-state index >= 15 is 0 Å². The maximum Gasteiger partial charge on any atom is 0.328 e. The third-order valence-corrected chi connectivity index (χ3v) is 5.71. The first kappa shape index (κ1) is 18.6. The second kappa shape index (κ2) is 7.99. The number of carbonyl (C=O) groups excluding carboxylic acids is 2. The summed E-state index contributed by atoms with van der Waals surface area (Å²) < 4.78 is 4.89. The third kappa shape index (κ3) is 3.96. The fraction of sp³-hybridized carbons (Fsp3) is 0.450. The summed E-state index contributed by atoms with van der Waals surface area (Å²) in [5.74, 6) is -0.352. The lowest BCUT2D eigenvalue weighted by atomic mass is 10.0. The third-order valence-electron chi connectivity index (χ3n) is 4.74. The monoisotopic (exact) mass is 372 g/mol. The topological polar surface area (TPSA) is 59.5 Å². The van der Waals surface area contributed by atoms with Gasteiger partial charge in [0.1, 0.15) is 6.04 Å². The highest BCUT2D eigenvalue weighted by molar-refractivity contribution is 7.12. The molecule has 0 bridgehead atoms. The van der Waals surface area contributed by atoms with Gasteiger partial charge in [-0.3, -0.25) is 4.79 Å². The summed E-state index contributed by atoms with van der Waals surface area (Å²) in [4.78, 5) is 32.2. The summed E-state index contributed by atoms with van der Waals surface area (Å²) in [6.07, 6.45) is 2.80. The number of thiazole rings is 1. The van der Waals surface area contributed by atoms with Crippen molar-refractivity contribution < 1.29 is 14.3 Å². The van der Waals surface area contributed by atoms with Crippen molar-refractivity contribution >= 4 is 23.2 Å². The number of carbonyl (C=O) groups is 2. The molecule has 1 fully saturated rings. The highest BCUT2D eigenvalue weighted by atomic mass is 32.1. The molecule has 1 saturated heterocycles. The van der Waals surface area contributed by atoms with Crippen LogP contribution in [-0.2, 0) is 20.7 Å². The lowest BCUT2D eigenvalue weighted by Gasteiger charge is -2.33. The first-order chi connectivity index (χ1) is 12.5. The van der Waals surface area contributed by atoms with E-state index in [4.69, 9.17) is 4.74 Å². The lowest BCUT2D eigenvalue weighted by molar-refractivity contribution is -0.154. The highest BCUT2D eigenvalue weighted by Gasteiger charge is 2.33. The van der Waals surface area contributed by atoms with Gasteiger partial charge in [0.25, 0.3) is 0 Å². The molecule has 1 aromatic heterocycles. The molecule has 1 amide bonds. The van der Waals surface area contributed by atoms with Crippen LogP contribution >= 0.6 is 11.3 Å². The van der Waals surface area contributed by atoms with Gasteiger partial charge in [0.05, 0.1) is 24.2 Å². The minimum atomic E-state index is -0.460. The molecule has 26 heavy (non-hydrogen) atoms. The van der Waals surface area contributed by atoms with E-state index < -0.39 is 6.04 Å². The number of likely N-dealkylation sites (tertiary alicyclic amines) is 1. The van der Waals surface area contributed by atoms with E-state index in [1.54, 1.807) is 16.2 Å². The van der Waals surface area contributed by atoms with Gasteiger partial charge in [0, 0.05) is 17.0 Å². The number of aromatic nitrogens is 1. The van der Waals surface area contributed by atoms with Gasteiger partial charge in [-0.1, -0.05) is 29.8 Å². The van der Waals surface area contributed by atoms with E-state index in [1.165, 1.54) is 12.7 Å². The molecule has 138 valence electrons. The summed E-state index contributed by atoms with van der Waals surface area (Å²) in [6, 6.07) is 7.71. The lowest BCUT2D eigenvalue weighted by Crippen LogP contribution is -2.49. The smallest absolute Gasteiger partial charge is 0.328 e. The van der Waals surface area contributed by atoms with Crippen LogP contribution in [0.5, 0.6) is 0 Å².